The van der Waals surface area contributed by atoms with Crippen molar-refractivity contribution in [2.75, 3.05) is 5.73 Å². The Morgan fingerprint density at radius 1 is 1.29 bits per heavy atom. The fraction of sp³-hybridized carbons (Fsp3) is 0.0714. The summed E-state index contributed by atoms with van der Waals surface area (Å²) in [6, 6.07) is 9.52. The minimum atomic E-state index is -3.90. The molecule has 7 heteroatoms. The Labute approximate surface area is 126 Å². The highest BCUT2D eigenvalue weighted by Gasteiger charge is 2.23. The zero-order valence-electron chi connectivity index (χ0n) is 10.7. The van der Waals surface area contributed by atoms with E-state index < -0.39 is 21.4 Å². The van der Waals surface area contributed by atoms with E-state index in [0.717, 1.165) is 12.1 Å². The molecule has 0 saturated heterocycles. The molecule has 0 heterocycles. The van der Waals surface area contributed by atoms with E-state index in [2.05, 4.69) is 0 Å². The lowest BCUT2D eigenvalue weighted by atomic mass is 10.1. The van der Waals surface area contributed by atoms with Gasteiger partial charge in [-0.25, -0.2) is 12.8 Å². The van der Waals surface area contributed by atoms with Gasteiger partial charge in [-0.2, -0.15) is 5.26 Å². The van der Waals surface area contributed by atoms with Crippen molar-refractivity contribution in [3.8, 4) is 6.07 Å². The molecule has 0 radical (unpaired) electrons. The molecule has 0 saturated carbocycles. The normalized spacial score (nSPS) is 11.1. The van der Waals surface area contributed by atoms with Gasteiger partial charge in [-0.1, -0.05) is 17.7 Å². The molecule has 108 valence electrons. The molecule has 0 aliphatic heterocycles. The number of hydrogen-bond donors (Lipinski definition) is 1. The largest absolute Gasteiger partial charge is 0.398 e. The van der Waals surface area contributed by atoms with Crippen LogP contribution in [0.25, 0.3) is 0 Å². The minimum absolute atomic E-state index is 0.00934. The lowest BCUT2D eigenvalue weighted by Crippen LogP contribution is -2.10. The molecular weight excluding hydrogens is 315 g/mol. The van der Waals surface area contributed by atoms with E-state index in [4.69, 9.17) is 22.6 Å². The number of hydrogen-bond acceptors (Lipinski definition) is 4. The highest BCUT2D eigenvalue weighted by atomic mass is 35.5. The van der Waals surface area contributed by atoms with Gasteiger partial charge in [0.15, 0.2) is 9.84 Å². The van der Waals surface area contributed by atoms with Gasteiger partial charge in [-0.3, -0.25) is 0 Å². The monoisotopic (exact) mass is 324 g/mol. The summed E-state index contributed by atoms with van der Waals surface area (Å²) in [6.07, 6.45) is 0. The van der Waals surface area contributed by atoms with E-state index in [1.54, 1.807) is 0 Å². The van der Waals surface area contributed by atoms with Gasteiger partial charge in [0.2, 0.25) is 0 Å². The van der Waals surface area contributed by atoms with Crippen molar-refractivity contribution in [3.05, 3.63) is 58.4 Å². The van der Waals surface area contributed by atoms with Crippen LogP contribution >= 0.6 is 11.6 Å². The third-order valence-corrected chi connectivity index (χ3v) is 5.04. The first-order chi connectivity index (χ1) is 9.85. The van der Waals surface area contributed by atoms with Crippen molar-refractivity contribution in [3.63, 3.8) is 0 Å². The van der Waals surface area contributed by atoms with Gasteiger partial charge < -0.3 is 5.73 Å². The van der Waals surface area contributed by atoms with Crippen molar-refractivity contribution in [1.29, 1.82) is 5.26 Å². The molecule has 0 unspecified atom stereocenters. The molecule has 0 aliphatic carbocycles. The van der Waals surface area contributed by atoms with Crippen molar-refractivity contribution in [2.24, 2.45) is 0 Å². The number of nitrogen functional groups attached to an aromatic ring is 1. The maximum atomic E-state index is 13.3. The second kappa shape index (κ2) is 5.72. The topological polar surface area (TPSA) is 84.0 Å². The van der Waals surface area contributed by atoms with Gasteiger partial charge in [0.25, 0.3) is 0 Å². The van der Waals surface area contributed by atoms with Crippen LogP contribution in [0.1, 0.15) is 11.1 Å². The first-order valence-corrected chi connectivity index (χ1v) is 7.83. The second-order valence-electron chi connectivity index (χ2n) is 4.33. The van der Waals surface area contributed by atoms with Gasteiger partial charge in [-0.05, 0) is 35.9 Å². The molecular formula is C14H10ClFN2O2S. The summed E-state index contributed by atoms with van der Waals surface area (Å²) in [5.41, 5.74) is 5.83. The number of rotatable bonds is 3. The van der Waals surface area contributed by atoms with Crippen molar-refractivity contribution in [1.82, 2.24) is 0 Å². The smallest absolute Gasteiger partial charge is 0.186 e. The number of benzene rings is 2. The molecule has 21 heavy (non-hydrogen) atoms. The quantitative estimate of drug-likeness (QED) is 0.880. The number of nitrogens with two attached hydrogens (primary N) is 1. The third-order valence-electron chi connectivity index (χ3n) is 2.84. The average molecular weight is 325 g/mol. The molecule has 0 spiro atoms. The predicted octanol–water partition coefficient (Wildman–Crippen LogP) is 2.91. The van der Waals surface area contributed by atoms with Crippen LogP contribution in [0, 0.1) is 17.1 Å². The summed E-state index contributed by atoms with van der Waals surface area (Å²) in [6.45, 7) is 0. The summed E-state index contributed by atoms with van der Waals surface area (Å²) in [5, 5.41) is 8.96. The molecule has 2 aromatic carbocycles. The number of halogens is 2. The van der Waals surface area contributed by atoms with Crippen LogP contribution < -0.4 is 5.73 Å². The third kappa shape index (κ3) is 3.15. The van der Waals surface area contributed by atoms with E-state index in [1.807, 2.05) is 6.07 Å². The van der Waals surface area contributed by atoms with Gasteiger partial charge in [0.05, 0.1) is 28.1 Å². The molecule has 0 aliphatic rings. The van der Waals surface area contributed by atoms with E-state index in [0.29, 0.717) is 0 Å². The highest BCUT2D eigenvalue weighted by molar-refractivity contribution is 7.91. The minimum Gasteiger partial charge on any atom is -0.398 e. The lowest BCUT2D eigenvalue weighted by molar-refractivity contribution is 0.595. The van der Waals surface area contributed by atoms with E-state index in [9.17, 15) is 12.8 Å². The summed E-state index contributed by atoms with van der Waals surface area (Å²) in [5.74, 6) is -1.17. The van der Waals surface area contributed by atoms with Crippen molar-refractivity contribution < 1.29 is 12.8 Å². The molecule has 2 N–H and O–H groups in total. The van der Waals surface area contributed by atoms with E-state index in [-0.39, 0.29) is 26.7 Å². The Morgan fingerprint density at radius 2 is 2.00 bits per heavy atom. The standard InChI is InChI=1S/C14H10ClFN2O2S/c15-12-2-1-3-13(18)14(12)21(19,20)8-10-6-11(16)5-4-9(10)7-17/h1-6H,8,18H2. The molecule has 2 aromatic rings. The summed E-state index contributed by atoms with van der Waals surface area (Å²) in [4.78, 5) is -0.209. The maximum absolute atomic E-state index is 13.3. The highest BCUT2D eigenvalue weighted by Crippen LogP contribution is 2.30. The van der Waals surface area contributed by atoms with Crippen LogP contribution in [0.15, 0.2) is 41.3 Å². The maximum Gasteiger partial charge on any atom is 0.186 e. The fourth-order valence-electron chi connectivity index (χ4n) is 1.92. The summed E-state index contributed by atoms with van der Waals surface area (Å²) < 4.78 is 38.1. The Balaban J connectivity index is 2.53. The van der Waals surface area contributed by atoms with Crippen molar-refractivity contribution >= 4 is 27.1 Å². The Morgan fingerprint density at radius 3 is 2.62 bits per heavy atom. The zero-order chi connectivity index (χ0) is 15.6. The first-order valence-electron chi connectivity index (χ1n) is 5.80. The van der Waals surface area contributed by atoms with Crippen LogP contribution in [0.5, 0.6) is 0 Å². The Hall–Kier alpha value is -2.10. The van der Waals surface area contributed by atoms with Crippen LogP contribution in [-0.4, -0.2) is 8.42 Å². The second-order valence-corrected chi connectivity index (χ2v) is 6.66. The Kier molecular flexibility index (Phi) is 4.16. The summed E-state index contributed by atoms with van der Waals surface area (Å²) >= 11 is 5.89. The lowest BCUT2D eigenvalue weighted by Gasteiger charge is -2.10. The molecule has 0 amide bonds. The molecule has 0 atom stereocenters. The predicted molar refractivity (Wildman–Crippen MR) is 77.9 cm³/mol. The van der Waals surface area contributed by atoms with Crippen LogP contribution in [0.2, 0.25) is 5.02 Å². The molecule has 2 rings (SSSR count). The van der Waals surface area contributed by atoms with E-state index >= 15 is 0 Å². The molecule has 0 aromatic heterocycles. The summed E-state index contributed by atoms with van der Waals surface area (Å²) in [7, 11) is -3.90. The van der Waals surface area contributed by atoms with Crippen LogP contribution in [-0.2, 0) is 15.6 Å². The number of sulfone groups is 1. The van der Waals surface area contributed by atoms with Crippen molar-refractivity contribution in [2.45, 2.75) is 10.6 Å². The van der Waals surface area contributed by atoms with Gasteiger partial charge in [0, 0.05) is 0 Å². The van der Waals surface area contributed by atoms with Gasteiger partial charge >= 0.3 is 0 Å². The average Bonchev–Trinajstić information content (AvgIpc) is 2.37. The number of nitrogens with zero attached hydrogens (tertiary/aromatic N) is 1. The van der Waals surface area contributed by atoms with Gasteiger partial charge in [-0.15, -0.1) is 0 Å². The van der Waals surface area contributed by atoms with Gasteiger partial charge in [0.1, 0.15) is 10.7 Å². The number of nitriles is 1. The molecule has 4 nitrogen and oxygen atoms in total. The van der Waals surface area contributed by atoms with Crippen LogP contribution in [0.3, 0.4) is 0 Å². The molecule has 0 bridgehead atoms. The van der Waals surface area contributed by atoms with Crippen LogP contribution in [0.4, 0.5) is 10.1 Å². The molecule has 0 fully saturated rings. The van der Waals surface area contributed by atoms with E-state index in [1.165, 1.54) is 24.3 Å². The first kappa shape index (κ1) is 15.3. The number of anilines is 1. The zero-order valence-corrected chi connectivity index (χ0v) is 12.2. The fourth-order valence-corrected chi connectivity index (χ4v) is 4.04. The Bertz CT molecular complexity index is 824. The SMILES string of the molecule is N#Cc1ccc(F)cc1CS(=O)(=O)c1c(N)cccc1Cl.